The predicted molar refractivity (Wildman–Crippen MR) is 102 cm³/mol. The van der Waals surface area contributed by atoms with Crippen molar-refractivity contribution in [1.29, 1.82) is 0 Å². The molecule has 1 aliphatic carbocycles. The summed E-state index contributed by atoms with van der Waals surface area (Å²) in [6.07, 6.45) is 2.01. The lowest BCUT2D eigenvalue weighted by molar-refractivity contribution is 0.421. The van der Waals surface area contributed by atoms with Crippen LogP contribution in [0.2, 0.25) is 0 Å². The smallest absolute Gasteiger partial charge is 0.264 e. The van der Waals surface area contributed by atoms with Gasteiger partial charge < -0.3 is 9.09 Å². The summed E-state index contributed by atoms with van der Waals surface area (Å²) in [5.74, 6) is 0.403. The molecule has 1 fully saturated rings. The zero-order valence-electron chi connectivity index (χ0n) is 15.9. The summed E-state index contributed by atoms with van der Waals surface area (Å²) < 4.78 is 50.1. The van der Waals surface area contributed by atoms with Crippen LogP contribution in [-0.4, -0.2) is 23.1 Å². The van der Waals surface area contributed by atoms with E-state index >= 15 is 0 Å². The Morgan fingerprint density at radius 2 is 1.96 bits per heavy atom. The van der Waals surface area contributed by atoms with Crippen molar-refractivity contribution < 1.29 is 17.3 Å². The number of nitrogens with zero attached hydrogens (tertiary/aromatic N) is 3. The van der Waals surface area contributed by atoms with Gasteiger partial charge in [0, 0.05) is 23.9 Å². The lowest BCUT2D eigenvalue weighted by Gasteiger charge is -2.10. The normalized spacial score (nSPS) is 14.4. The molecule has 1 aromatic carbocycles. The van der Waals surface area contributed by atoms with E-state index in [1.165, 1.54) is 18.2 Å². The van der Waals surface area contributed by atoms with Crippen molar-refractivity contribution in [1.82, 2.24) is 14.7 Å². The number of nitrogens with one attached hydrogen (secondary N) is 1. The number of para-hydroxylation sites is 1. The highest BCUT2D eigenvalue weighted by molar-refractivity contribution is 7.93. The number of hydrogen-bond acceptors (Lipinski definition) is 5. The van der Waals surface area contributed by atoms with Crippen LogP contribution in [0.4, 0.5) is 10.1 Å². The number of rotatable bonds is 6. The van der Waals surface area contributed by atoms with E-state index in [-0.39, 0.29) is 22.4 Å². The Balaban J connectivity index is 1.86. The fourth-order valence-corrected chi connectivity index (χ4v) is 5.05. The van der Waals surface area contributed by atoms with Gasteiger partial charge >= 0.3 is 0 Å². The number of benzene rings is 1. The quantitative estimate of drug-likeness (QED) is 0.671. The Labute approximate surface area is 162 Å². The fourth-order valence-electron chi connectivity index (χ4n) is 3.49. The van der Waals surface area contributed by atoms with Crippen LogP contribution in [0.1, 0.15) is 42.9 Å². The zero-order chi connectivity index (χ0) is 20.1. The lowest BCUT2D eigenvalue weighted by atomic mass is 10.2. The highest BCUT2D eigenvalue weighted by Crippen LogP contribution is 2.41. The number of hydrogen-bond donors (Lipinski definition) is 1. The number of sulfonamides is 1. The van der Waals surface area contributed by atoms with E-state index in [0.29, 0.717) is 29.3 Å². The van der Waals surface area contributed by atoms with Crippen molar-refractivity contribution in [3.8, 4) is 11.5 Å². The highest BCUT2D eigenvalue weighted by Gasteiger charge is 2.34. The Morgan fingerprint density at radius 1 is 1.25 bits per heavy atom. The number of aromatic nitrogens is 3. The zero-order valence-corrected chi connectivity index (χ0v) is 16.7. The molecule has 2 aromatic heterocycles. The first-order valence-electron chi connectivity index (χ1n) is 9.14. The van der Waals surface area contributed by atoms with Gasteiger partial charge in [-0.25, -0.2) is 12.8 Å². The lowest BCUT2D eigenvalue weighted by Crippen LogP contribution is -2.16. The van der Waals surface area contributed by atoms with Gasteiger partial charge in [-0.05, 0) is 45.7 Å². The van der Waals surface area contributed by atoms with Gasteiger partial charge in [0.1, 0.15) is 10.7 Å². The molecule has 9 heteroatoms. The molecule has 0 spiro atoms. The van der Waals surface area contributed by atoms with Gasteiger partial charge in [0.2, 0.25) is 0 Å². The molecule has 0 bridgehead atoms. The highest BCUT2D eigenvalue weighted by atomic mass is 32.2. The van der Waals surface area contributed by atoms with E-state index in [1.807, 2.05) is 18.4 Å². The molecule has 1 saturated carbocycles. The minimum Gasteiger partial charge on any atom is -0.347 e. The molecule has 7 nitrogen and oxygen atoms in total. The summed E-state index contributed by atoms with van der Waals surface area (Å²) in [5.41, 5.74) is 1.49. The molecule has 0 saturated heterocycles. The van der Waals surface area contributed by atoms with E-state index in [2.05, 4.69) is 14.9 Å². The third-order valence-corrected chi connectivity index (χ3v) is 6.55. The second-order valence-corrected chi connectivity index (χ2v) is 8.56. The first kappa shape index (κ1) is 18.7. The second kappa shape index (κ2) is 6.73. The molecule has 28 heavy (non-hydrogen) atoms. The first-order valence-corrected chi connectivity index (χ1v) is 10.6. The predicted octanol–water partition coefficient (Wildman–Crippen LogP) is 3.99. The topological polar surface area (TPSA) is 90.0 Å². The third kappa shape index (κ3) is 3.09. The largest absolute Gasteiger partial charge is 0.347 e. The molecular weight excluding hydrogens is 383 g/mol. The molecular formula is C19H21FN4O3S. The molecule has 0 amide bonds. The van der Waals surface area contributed by atoms with Crippen molar-refractivity contribution in [2.75, 3.05) is 4.72 Å². The Morgan fingerprint density at radius 3 is 2.61 bits per heavy atom. The summed E-state index contributed by atoms with van der Waals surface area (Å²) in [6.45, 7) is 6.03. The SMILES string of the molecule is CCn1c(C)c(-c2nc(C3CC3)no2)c(S(=O)(=O)Nc2ccccc2F)c1C. The van der Waals surface area contributed by atoms with Crippen LogP contribution >= 0.6 is 0 Å². The molecule has 148 valence electrons. The second-order valence-electron chi connectivity index (χ2n) is 6.94. The minimum atomic E-state index is -4.09. The average Bonchev–Trinajstić information content (AvgIpc) is 3.32. The monoisotopic (exact) mass is 404 g/mol. The maximum Gasteiger partial charge on any atom is 0.264 e. The summed E-state index contributed by atoms with van der Waals surface area (Å²) in [7, 11) is -4.09. The van der Waals surface area contributed by atoms with Crippen LogP contribution < -0.4 is 4.72 Å². The number of halogens is 1. The van der Waals surface area contributed by atoms with Crippen LogP contribution in [-0.2, 0) is 16.6 Å². The van der Waals surface area contributed by atoms with Crippen molar-refractivity contribution in [2.45, 2.75) is 51.0 Å². The van der Waals surface area contributed by atoms with Gasteiger partial charge in [0.15, 0.2) is 5.82 Å². The average molecular weight is 404 g/mol. The van der Waals surface area contributed by atoms with E-state index < -0.39 is 15.8 Å². The molecule has 1 N–H and O–H groups in total. The summed E-state index contributed by atoms with van der Waals surface area (Å²) in [4.78, 5) is 4.46. The molecule has 1 aliphatic rings. The molecule has 0 unspecified atom stereocenters. The Hall–Kier alpha value is -2.68. The maximum absolute atomic E-state index is 14.0. The van der Waals surface area contributed by atoms with Crippen molar-refractivity contribution >= 4 is 15.7 Å². The van der Waals surface area contributed by atoms with Gasteiger partial charge in [-0.15, -0.1) is 0 Å². The van der Waals surface area contributed by atoms with E-state index in [9.17, 15) is 12.8 Å². The molecule has 4 rings (SSSR count). The van der Waals surface area contributed by atoms with Crippen molar-refractivity contribution in [2.24, 2.45) is 0 Å². The van der Waals surface area contributed by atoms with Gasteiger partial charge in [0.05, 0.1) is 11.3 Å². The summed E-state index contributed by atoms with van der Waals surface area (Å²) in [5, 5.41) is 4.01. The molecule has 2 heterocycles. The van der Waals surface area contributed by atoms with Crippen molar-refractivity contribution in [3.05, 3.63) is 47.3 Å². The summed E-state index contributed by atoms with van der Waals surface area (Å²) >= 11 is 0. The van der Waals surface area contributed by atoms with E-state index in [1.54, 1.807) is 13.0 Å². The van der Waals surface area contributed by atoms with Crippen molar-refractivity contribution in [3.63, 3.8) is 0 Å². The minimum absolute atomic E-state index is 0.0288. The van der Waals surface area contributed by atoms with Crippen LogP contribution in [0.5, 0.6) is 0 Å². The summed E-state index contributed by atoms with van der Waals surface area (Å²) in [6, 6.07) is 5.65. The van der Waals surface area contributed by atoms with E-state index in [4.69, 9.17) is 4.52 Å². The van der Waals surface area contributed by atoms with Gasteiger partial charge in [-0.1, -0.05) is 17.3 Å². The Bertz CT molecular complexity index is 1150. The maximum atomic E-state index is 14.0. The third-order valence-electron chi connectivity index (χ3n) is 5.03. The first-order chi connectivity index (χ1) is 13.3. The molecule has 3 aromatic rings. The van der Waals surface area contributed by atoms with Crippen LogP contribution in [0.3, 0.4) is 0 Å². The standard InChI is InChI=1S/C19H21FN4O3S/c1-4-24-11(2)16(19-21-18(22-27-19)13-9-10-13)17(12(24)3)28(25,26)23-15-8-6-5-7-14(15)20/h5-8,13,23H,4,9-10H2,1-3H3. The fraction of sp³-hybridized carbons (Fsp3) is 0.368. The number of anilines is 1. The van der Waals surface area contributed by atoms with Crippen LogP contribution in [0.25, 0.3) is 11.5 Å². The van der Waals surface area contributed by atoms with Crippen LogP contribution in [0.15, 0.2) is 33.7 Å². The van der Waals surface area contributed by atoms with Crippen LogP contribution in [0, 0.1) is 19.7 Å². The molecule has 0 atom stereocenters. The van der Waals surface area contributed by atoms with Gasteiger partial charge in [-0.2, -0.15) is 4.98 Å². The van der Waals surface area contributed by atoms with Gasteiger partial charge in [0.25, 0.3) is 15.9 Å². The van der Waals surface area contributed by atoms with Gasteiger partial charge in [-0.3, -0.25) is 4.72 Å². The molecule has 0 aliphatic heterocycles. The Kier molecular flexibility index (Phi) is 4.49. The van der Waals surface area contributed by atoms with E-state index in [0.717, 1.165) is 12.8 Å². The molecule has 0 radical (unpaired) electrons.